The summed E-state index contributed by atoms with van der Waals surface area (Å²) in [6.45, 7) is 3.67. The van der Waals surface area contributed by atoms with Crippen LogP contribution >= 0.6 is 7.82 Å². The van der Waals surface area contributed by atoms with Crippen LogP contribution in [-0.2, 0) is 32.7 Å². The molecule has 0 spiro atoms. The van der Waals surface area contributed by atoms with Crippen molar-refractivity contribution >= 4 is 19.8 Å². The number of nitrogens with two attached hydrogens (primary N) is 1. The third-order valence-corrected chi connectivity index (χ3v) is 8.82. The normalized spacial score (nSPS) is 14.6. The Bertz CT molecular complexity index is 983. The van der Waals surface area contributed by atoms with Gasteiger partial charge in [0.05, 0.1) is 19.8 Å². The first-order valence-electron chi connectivity index (χ1n) is 19.2. The monoisotopic (exact) mass is 727 g/mol. The van der Waals surface area contributed by atoms with Crippen LogP contribution in [0.3, 0.4) is 0 Å². The van der Waals surface area contributed by atoms with Crippen molar-refractivity contribution in [3.63, 3.8) is 0 Å². The Balaban J connectivity index is 4.37. The summed E-state index contributed by atoms with van der Waals surface area (Å²) in [6, 6.07) is -1.48. The summed E-state index contributed by atoms with van der Waals surface area (Å²) in [6.07, 6.45) is 38.8. The van der Waals surface area contributed by atoms with Crippen molar-refractivity contribution in [3.05, 3.63) is 48.6 Å². The summed E-state index contributed by atoms with van der Waals surface area (Å²) >= 11 is 0. The summed E-state index contributed by atoms with van der Waals surface area (Å²) in [4.78, 5) is 33.4. The Hall–Kier alpha value is -2.07. The zero-order chi connectivity index (χ0) is 37.0. The number of phosphoric acid groups is 1. The number of ether oxygens (including phenoxy) is 2. The van der Waals surface area contributed by atoms with Crippen LogP contribution in [0.4, 0.5) is 0 Å². The Morgan fingerprint density at radius 3 is 1.72 bits per heavy atom. The molecule has 0 amide bonds. The molecule has 0 heterocycles. The lowest BCUT2D eigenvalue weighted by atomic mass is 10.0. The summed E-state index contributed by atoms with van der Waals surface area (Å²) < 4.78 is 33.2. The Morgan fingerprint density at radius 1 is 0.660 bits per heavy atom. The second kappa shape index (κ2) is 35.3. The molecular weight excluding hydrogens is 657 g/mol. The Morgan fingerprint density at radius 2 is 1.16 bits per heavy atom. The molecule has 0 aliphatic carbocycles. The highest BCUT2D eigenvalue weighted by atomic mass is 31.2. The third-order valence-electron chi connectivity index (χ3n) is 7.87. The van der Waals surface area contributed by atoms with E-state index in [1.54, 1.807) is 0 Å². The number of carbonyl (C=O) groups excluding carboxylic acids is 1. The number of hydrogen-bond donors (Lipinski definition) is 3. The molecule has 4 N–H and O–H groups in total. The molecule has 3 atom stereocenters. The highest BCUT2D eigenvalue weighted by Gasteiger charge is 2.27. The Kier molecular flexibility index (Phi) is 33.9. The second-order valence-corrected chi connectivity index (χ2v) is 14.1. The van der Waals surface area contributed by atoms with Gasteiger partial charge in [-0.1, -0.05) is 140 Å². The molecule has 0 bridgehead atoms. The standard InChI is InChI=1S/C39H70NO9P/c1-3-5-7-9-11-13-15-17-18-19-20-22-24-26-28-30-32-46-33-36(34-47-50(44,45)48-35-37(40)39(42)43)49-38(41)31-29-27-25-23-21-16-14-12-10-8-6-4-2/h5,7,11,13,17-18,20,22,36-37H,3-4,6,8-10,12,14-16,19,21,23-35,40H2,1-2H3,(H,42,43)(H,44,45)/b7-5-,13-11-,18-17-,22-20-. The van der Waals surface area contributed by atoms with Gasteiger partial charge in [0.25, 0.3) is 0 Å². The van der Waals surface area contributed by atoms with Gasteiger partial charge >= 0.3 is 19.8 Å². The van der Waals surface area contributed by atoms with Crippen LogP contribution in [0, 0.1) is 0 Å². The molecule has 0 aliphatic rings. The molecule has 10 nitrogen and oxygen atoms in total. The fraction of sp³-hybridized carbons (Fsp3) is 0.744. The molecular formula is C39H70NO9P. The van der Waals surface area contributed by atoms with Gasteiger partial charge in [0, 0.05) is 13.0 Å². The number of unbranched alkanes of at least 4 members (excludes halogenated alkanes) is 14. The summed E-state index contributed by atoms with van der Waals surface area (Å²) in [7, 11) is -4.62. The van der Waals surface area contributed by atoms with E-state index in [1.807, 2.05) is 0 Å². The van der Waals surface area contributed by atoms with Crippen LogP contribution in [0.2, 0.25) is 0 Å². The lowest BCUT2D eigenvalue weighted by molar-refractivity contribution is -0.154. The topological polar surface area (TPSA) is 155 Å². The molecule has 50 heavy (non-hydrogen) atoms. The van der Waals surface area contributed by atoms with E-state index < -0.39 is 45.1 Å². The summed E-state index contributed by atoms with van der Waals surface area (Å²) in [5, 5.41) is 8.86. The van der Waals surface area contributed by atoms with Crippen molar-refractivity contribution in [1.29, 1.82) is 0 Å². The molecule has 0 saturated heterocycles. The molecule has 0 saturated carbocycles. The van der Waals surface area contributed by atoms with E-state index >= 15 is 0 Å². The predicted octanol–water partition coefficient (Wildman–Crippen LogP) is 9.92. The second-order valence-electron chi connectivity index (χ2n) is 12.7. The molecule has 3 unspecified atom stereocenters. The fourth-order valence-electron chi connectivity index (χ4n) is 4.89. The molecule has 0 fully saturated rings. The highest BCUT2D eigenvalue weighted by Crippen LogP contribution is 2.43. The van der Waals surface area contributed by atoms with E-state index in [2.05, 4.69) is 67.0 Å². The highest BCUT2D eigenvalue weighted by molar-refractivity contribution is 7.47. The average Bonchev–Trinajstić information content (AvgIpc) is 3.09. The number of allylic oxidation sites excluding steroid dienone is 8. The van der Waals surface area contributed by atoms with Gasteiger partial charge in [-0.3, -0.25) is 18.6 Å². The van der Waals surface area contributed by atoms with E-state index in [9.17, 15) is 19.0 Å². The SMILES string of the molecule is CC/C=C\C/C=C\C/C=C\C/C=C\CCCCCOCC(COP(=O)(O)OCC(N)C(=O)O)OC(=O)CCCCCCCCCCCCCC. The van der Waals surface area contributed by atoms with Crippen molar-refractivity contribution in [2.24, 2.45) is 5.73 Å². The van der Waals surface area contributed by atoms with Gasteiger partial charge in [-0.05, 0) is 51.4 Å². The fourth-order valence-corrected chi connectivity index (χ4v) is 5.67. The molecule has 0 aromatic heterocycles. The molecule has 0 aromatic rings. The van der Waals surface area contributed by atoms with Gasteiger partial charge < -0.3 is 25.2 Å². The van der Waals surface area contributed by atoms with Gasteiger partial charge in [0.15, 0.2) is 0 Å². The van der Waals surface area contributed by atoms with Crippen LogP contribution in [0.5, 0.6) is 0 Å². The summed E-state index contributed by atoms with van der Waals surface area (Å²) in [5.74, 6) is -1.80. The van der Waals surface area contributed by atoms with Crippen LogP contribution in [-0.4, -0.2) is 60.5 Å². The molecule has 0 rings (SSSR count). The smallest absolute Gasteiger partial charge is 0.472 e. The van der Waals surface area contributed by atoms with Crippen molar-refractivity contribution < 1.29 is 42.7 Å². The van der Waals surface area contributed by atoms with Gasteiger partial charge in [0.1, 0.15) is 12.1 Å². The molecule has 11 heteroatoms. The maximum atomic E-state index is 12.5. The van der Waals surface area contributed by atoms with E-state index in [0.717, 1.165) is 70.6 Å². The van der Waals surface area contributed by atoms with Crippen LogP contribution in [0.25, 0.3) is 0 Å². The maximum Gasteiger partial charge on any atom is 0.472 e. The number of carboxylic acids is 1. The number of carbonyl (C=O) groups is 2. The van der Waals surface area contributed by atoms with Crippen molar-refractivity contribution in [1.82, 2.24) is 0 Å². The minimum atomic E-state index is -4.62. The third kappa shape index (κ3) is 34.4. The zero-order valence-electron chi connectivity index (χ0n) is 31.2. The maximum absolute atomic E-state index is 12.5. The van der Waals surface area contributed by atoms with Crippen molar-refractivity contribution in [3.8, 4) is 0 Å². The minimum Gasteiger partial charge on any atom is -0.480 e. The Labute approximate surface area is 303 Å². The van der Waals surface area contributed by atoms with E-state index in [0.29, 0.717) is 13.0 Å². The van der Waals surface area contributed by atoms with Gasteiger partial charge in [0.2, 0.25) is 0 Å². The lowest BCUT2D eigenvalue weighted by Gasteiger charge is -2.20. The largest absolute Gasteiger partial charge is 0.480 e. The average molecular weight is 728 g/mol. The zero-order valence-corrected chi connectivity index (χ0v) is 32.1. The number of aliphatic carboxylic acids is 1. The molecule has 0 radical (unpaired) electrons. The van der Waals surface area contributed by atoms with E-state index in [-0.39, 0.29) is 13.0 Å². The van der Waals surface area contributed by atoms with Crippen LogP contribution in [0.15, 0.2) is 48.6 Å². The quantitative estimate of drug-likeness (QED) is 0.0246. The van der Waals surface area contributed by atoms with Crippen LogP contribution < -0.4 is 5.73 Å². The number of esters is 1. The first-order chi connectivity index (χ1) is 24.2. The van der Waals surface area contributed by atoms with Gasteiger partial charge in [-0.2, -0.15) is 0 Å². The molecule has 0 aromatic carbocycles. The van der Waals surface area contributed by atoms with Gasteiger partial charge in [-0.25, -0.2) is 4.57 Å². The lowest BCUT2D eigenvalue weighted by Crippen LogP contribution is -2.34. The van der Waals surface area contributed by atoms with E-state index in [1.165, 1.54) is 51.4 Å². The minimum absolute atomic E-state index is 0.00427. The molecule has 290 valence electrons. The first-order valence-corrected chi connectivity index (χ1v) is 20.7. The number of phosphoric ester groups is 1. The predicted molar refractivity (Wildman–Crippen MR) is 203 cm³/mol. The number of hydrogen-bond acceptors (Lipinski definition) is 8. The number of rotatable bonds is 36. The first kappa shape index (κ1) is 47.9. The van der Waals surface area contributed by atoms with E-state index in [4.69, 9.17) is 24.8 Å². The van der Waals surface area contributed by atoms with Gasteiger partial charge in [-0.15, -0.1) is 0 Å². The van der Waals surface area contributed by atoms with Crippen molar-refractivity contribution in [2.75, 3.05) is 26.4 Å². The van der Waals surface area contributed by atoms with Crippen molar-refractivity contribution in [2.45, 2.75) is 161 Å². The van der Waals surface area contributed by atoms with Crippen LogP contribution in [0.1, 0.15) is 149 Å². The summed E-state index contributed by atoms with van der Waals surface area (Å²) in [5.41, 5.74) is 5.33. The molecule has 0 aliphatic heterocycles. The number of carboxylic acid groups (broad SMARTS) is 1.